The number of hydrogen-bond acceptors (Lipinski definition) is 5. The van der Waals surface area contributed by atoms with E-state index in [1.807, 2.05) is 48.5 Å². The first-order valence-corrected chi connectivity index (χ1v) is 11.0. The average molecular weight is 501 g/mol. The highest BCUT2D eigenvalue weighted by Gasteiger charge is 2.30. The van der Waals surface area contributed by atoms with Gasteiger partial charge in [0.1, 0.15) is 17.1 Å². The van der Waals surface area contributed by atoms with E-state index < -0.39 is 5.97 Å². The van der Waals surface area contributed by atoms with E-state index in [9.17, 15) is 9.59 Å². The molecule has 4 aromatic rings. The lowest BCUT2D eigenvalue weighted by molar-refractivity contribution is 0.0702. The number of furan rings is 1. The Bertz CT molecular complexity index is 1460. The minimum atomic E-state index is -0.628. The van der Waals surface area contributed by atoms with Gasteiger partial charge in [0.2, 0.25) is 11.5 Å². The van der Waals surface area contributed by atoms with Gasteiger partial charge in [0.05, 0.1) is 5.56 Å². The van der Waals surface area contributed by atoms with Crippen LogP contribution in [0.1, 0.15) is 32.0 Å². The molecule has 162 valence electrons. The molecule has 0 radical (unpaired) electrons. The second-order valence-corrected chi connectivity index (χ2v) is 8.40. The van der Waals surface area contributed by atoms with Crippen LogP contribution in [0.25, 0.3) is 17.0 Å². The maximum Gasteiger partial charge on any atom is 0.379 e. The van der Waals surface area contributed by atoms with Gasteiger partial charge in [-0.1, -0.05) is 58.4 Å². The number of halogens is 1. The van der Waals surface area contributed by atoms with Crippen molar-refractivity contribution in [1.29, 1.82) is 0 Å². The molecule has 0 N–H and O–H groups in total. The van der Waals surface area contributed by atoms with Crippen molar-refractivity contribution in [3.8, 4) is 11.5 Å². The van der Waals surface area contributed by atoms with Crippen LogP contribution < -0.4 is 9.47 Å². The number of allylic oxidation sites excluding steroid dienone is 3. The van der Waals surface area contributed by atoms with E-state index in [4.69, 9.17) is 13.9 Å². The molecule has 0 bridgehead atoms. The molecule has 0 saturated carbocycles. The number of ketones is 1. The van der Waals surface area contributed by atoms with Crippen LogP contribution in [0.5, 0.6) is 11.5 Å². The number of carbonyl (C=O) groups excluding carboxylic acids is 2. The molecule has 0 amide bonds. The maximum atomic E-state index is 12.7. The maximum absolute atomic E-state index is 12.7. The molecule has 3 aromatic carbocycles. The lowest BCUT2D eigenvalue weighted by Crippen LogP contribution is -2.08. The van der Waals surface area contributed by atoms with E-state index in [1.54, 1.807) is 43.3 Å². The molecule has 0 aliphatic carbocycles. The van der Waals surface area contributed by atoms with Crippen molar-refractivity contribution in [1.82, 2.24) is 0 Å². The van der Waals surface area contributed by atoms with Crippen molar-refractivity contribution in [3.63, 3.8) is 0 Å². The topological polar surface area (TPSA) is 65.7 Å². The lowest BCUT2D eigenvalue weighted by atomic mass is 10.1. The summed E-state index contributed by atoms with van der Waals surface area (Å²) in [6, 6.07) is 20.0. The van der Waals surface area contributed by atoms with Crippen molar-refractivity contribution < 1.29 is 23.5 Å². The van der Waals surface area contributed by atoms with Gasteiger partial charge in [-0.25, -0.2) is 4.79 Å². The van der Waals surface area contributed by atoms with Gasteiger partial charge in [0, 0.05) is 15.4 Å². The first-order valence-electron chi connectivity index (χ1n) is 10.2. The molecule has 33 heavy (non-hydrogen) atoms. The number of hydrogen-bond donors (Lipinski definition) is 0. The standard InChI is InChI=1S/C27H17BrO5/c1-16-21(33-27(30)24-15-18-14-19(28)10-12-22(18)31-24)13-11-20-25(29)23(32-26(16)20)9-5-8-17-6-3-2-4-7-17/h2-15H,1H3/b8-5+,23-9-. The Morgan fingerprint density at radius 3 is 2.67 bits per heavy atom. The van der Waals surface area contributed by atoms with E-state index in [1.165, 1.54) is 0 Å². The summed E-state index contributed by atoms with van der Waals surface area (Å²) in [5.41, 5.74) is 2.59. The third kappa shape index (κ3) is 4.13. The van der Waals surface area contributed by atoms with Crippen molar-refractivity contribution in [2.24, 2.45) is 0 Å². The number of benzene rings is 3. The van der Waals surface area contributed by atoms with Gasteiger partial charge < -0.3 is 13.9 Å². The smallest absolute Gasteiger partial charge is 0.379 e. The number of Topliss-reactive ketones (excluding diaryl/α,β-unsaturated/α-hetero) is 1. The van der Waals surface area contributed by atoms with Crippen LogP contribution in [0, 0.1) is 6.92 Å². The molecule has 0 unspecified atom stereocenters. The van der Waals surface area contributed by atoms with Crippen molar-refractivity contribution in [2.75, 3.05) is 0 Å². The van der Waals surface area contributed by atoms with Gasteiger partial charge in [0.25, 0.3) is 0 Å². The number of carbonyl (C=O) groups is 2. The zero-order valence-corrected chi connectivity index (χ0v) is 19.1. The fourth-order valence-electron chi connectivity index (χ4n) is 3.57. The number of fused-ring (bicyclic) bond motifs is 2. The van der Waals surface area contributed by atoms with Gasteiger partial charge in [-0.05, 0) is 55.0 Å². The average Bonchev–Trinajstić information content (AvgIpc) is 3.38. The first kappa shape index (κ1) is 21.0. The molecule has 6 heteroatoms. The molecule has 2 heterocycles. The van der Waals surface area contributed by atoms with Gasteiger partial charge in [-0.15, -0.1) is 0 Å². The third-order valence-corrected chi connectivity index (χ3v) is 5.75. The summed E-state index contributed by atoms with van der Waals surface area (Å²) in [5.74, 6) is 0.147. The Kier molecular flexibility index (Phi) is 5.44. The number of esters is 1. The summed E-state index contributed by atoms with van der Waals surface area (Å²) in [6.07, 6.45) is 5.29. The van der Waals surface area contributed by atoms with Gasteiger partial charge in [0.15, 0.2) is 5.76 Å². The van der Waals surface area contributed by atoms with Crippen LogP contribution in [0.15, 0.2) is 93.5 Å². The fourth-order valence-corrected chi connectivity index (χ4v) is 3.95. The first-order chi connectivity index (χ1) is 16.0. The molecule has 0 spiro atoms. The largest absolute Gasteiger partial charge is 0.452 e. The molecule has 1 aliphatic rings. The summed E-state index contributed by atoms with van der Waals surface area (Å²) >= 11 is 3.40. The van der Waals surface area contributed by atoms with E-state index in [0.29, 0.717) is 28.2 Å². The Hall–Kier alpha value is -3.90. The summed E-state index contributed by atoms with van der Waals surface area (Å²) in [7, 11) is 0. The van der Waals surface area contributed by atoms with Crippen molar-refractivity contribution in [3.05, 3.63) is 112 Å². The van der Waals surface area contributed by atoms with Crippen molar-refractivity contribution >= 4 is 44.7 Å². The predicted octanol–water partition coefficient (Wildman–Crippen LogP) is 6.90. The highest BCUT2D eigenvalue weighted by molar-refractivity contribution is 9.10. The van der Waals surface area contributed by atoms with Gasteiger partial charge in [-0.3, -0.25) is 4.79 Å². The van der Waals surface area contributed by atoms with Gasteiger partial charge in [-0.2, -0.15) is 0 Å². The predicted molar refractivity (Wildman–Crippen MR) is 129 cm³/mol. The monoisotopic (exact) mass is 500 g/mol. The second kappa shape index (κ2) is 8.56. The number of rotatable bonds is 4. The van der Waals surface area contributed by atoms with Crippen LogP contribution in [-0.4, -0.2) is 11.8 Å². The van der Waals surface area contributed by atoms with Crippen LogP contribution in [0.4, 0.5) is 0 Å². The Balaban J connectivity index is 1.36. The fraction of sp³-hybridized carbons (Fsp3) is 0.0370. The van der Waals surface area contributed by atoms with E-state index in [-0.39, 0.29) is 17.3 Å². The number of ether oxygens (including phenoxy) is 2. The van der Waals surface area contributed by atoms with Crippen molar-refractivity contribution in [2.45, 2.75) is 6.92 Å². The van der Waals surface area contributed by atoms with Crippen LogP contribution in [0.2, 0.25) is 0 Å². The van der Waals surface area contributed by atoms with E-state index >= 15 is 0 Å². The van der Waals surface area contributed by atoms with E-state index in [2.05, 4.69) is 15.9 Å². The molecule has 0 saturated heterocycles. The highest BCUT2D eigenvalue weighted by Crippen LogP contribution is 2.39. The molecular formula is C27H17BrO5. The Morgan fingerprint density at radius 2 is 1.85 bits per heavy atom. The lowest BCUT2D eigenvalue weighted by Gasteiger charge is -2.09. The normalized spacial score (nSPS) is 14.1. The zero-order valence-electron chi connectivity index (χ0n) is 17.5. The summed E-state index contributed by atoms with van der Waals surface area (Å²) in [6.45, 7) is 1.74. The van der Waals surface area contributed by atoms with Crippen LogP contribution in [0.3, 0.4) is 0 Å². The SMILES string of the molecule is Cc1c(OC(=O)c2cc3cc(Br)ccc3o2)ccc2c1O/C(=C\C=C\c1ccccc1)C2=O. The summed E-state index contributed by atoms with van der Waals surface area (Å²) in [4.78, 5) is 25.4. The molecular weight excluding hydrogens is 484 g/mol. The minimum Gasteiger partial charge on any atom is -0.452 e. The zero-order chi connectivity index (χ0) is 22.9. The summed E-state index contributed by atoms with van der Waals surface area (Å²) < 4.78 is 17.9. The van der Waals surface area contributed by atoms with Gasteiger partial charge >= 0.3 is 5.97 Å². The molecule has 0 atom stereocenters. The van der Waals surface area contributed by atoms with Crippen LogP contribution >= 0.6 is 15.9 Å². The Labute approximate surface area is 198 Å². The minimum absolute atomic E-state index is 0.0895. The molecule has 5 nitrogen and oxygen atoms in total. The second-order valence-electron chi connectivity index (χ2n) is 7.48. The quantitative estimate of drug-likeness (QED) is 0.173. The molecule has 0 fully saturated rings. The highest BCUT2D eigenvalue weighted by atomic mass is 79.9. The summed E-state index contributed by atoms with van der Waals surface area (Å²) in [5, 5.41) is 0.786. The molecule has 5 rings (SSSR count). The Morgan fingerprint density at radius 1 is 1.03 bits per heavy atom. The van der Waals surface area contributed by atoms with Crippen LogP contribution in [-0.2, 0) is 0 Å². The molecule has 1 aliphatic heterocycles. The van der Waals surface area contributed by atoms with E-state index in [0.717, 1.165) is 15.4 Å². The molecule has 1 aromatic heterocycles. The third-order valence-electron chi connectivity index (χ3n) is 5.25.